The molecule has 3 aromatic rings. The molecule has 0 bridgehead atoms. The van der Waals surface area contributed by atoms with E-state index in [1.54, 1.807) is 4.90 Å². The monoisotopic (exact) mass is 561 g/mol. The first kappa shape index (κ1) is 28.3. The van der Waals surface area contributed by atoms with Gasteiger partial charge in [0.25, 0.3) is 11.8 Å². The fourth-order valence-corrected chi connectivity index (χ4v) is 6.37. The van der Waals surface area contributed by atoms with Crippen molar-refractivity contribution in [1.82, 2.24) is 14.8 Å². The maximum absolute atomic E-state index is 14.2. The molecule has 2 aromatic carbocycles. The van der Waals surface area contributed by atoms with Crippen molar-refractivity contribution in [3.8, 4) is 5.75 Å². The molecular formula is C32H39N3O4S. The van der Waals surface area contributed by atoms with Gasteiger partial charge in [-0.05, 0) is 49.3 Å². The van der Waals surface area contributed by atoms with Crippen LogP contribution in [-0.4, -0.2) is 71.6 Å². The number of para-hydroxylation sites is 1. The molecule has 0 saturated carbocycles. The molecule has 212 valence electrons. The van der Waals surface area contributed by atoms with Gasteiger partial charge >= 0.3 is 0 Å². The summed E-state index contributed by atoms with van der Waals surface area (Å²) in [5.74, 6) is 0.745. The maximum Gasteiger partial charge on any atom is 0.273 e. The molecule has 3 heterocycles. The van der Waals surface area contributed by atoms with Gasteiger partial charge in [-0.15, -0.1) is 11.3 Å². The number of amides is 2. The lowest BCUT2D eigenvalue weighted by Crippen LogP contribution is -2.62. The number of rotatable bonds is 6. The van der Waals surface area contributed by atoms with Crippen molar-refractivity contribution in [3.05, 3.63) is 81.8 Å². The Morgan fingerprint density at radius 1 is 1.05 bits per heavy atom. The molecule has 1 atom stereocenters. The second-order valence-electron chi connectivity index (χ2n) is 10.7. The Hall–Kier alpha value is -3.23. The fraction of sp³-hybridized carbons (Fsp3) is 0.469. The molecule has 1 fully saturated rings. The standard InChI is InChI=1S/C32H39N3O4S/c1-2-3-17-34-18-20-38-28-15-8-7-13-26(28)14-9-10-16-32(31(34)37)24-35(19-21-39-32)30(36)27-23-40-29(33-27)22-25-11-5-4-6-12-25/h4-8,11-13,15,23H,2-3,9-10,14,16-22,24H2,1H3. The third kappa shape index (κ3) is 6.73. The molecule has 1 spiro atoms. The summed E-state index contributed by atoms with van der Waals surface area (Å²) < 4.78 is 12.5. The molecule has 5 rings (SSSR count). The van der Waals surface area contributed by atoms with Crippen LogP contribution in [0.25, 0.3) is 0 Å². The summed E-state index contributed by atoms with van der Waals surface area (Å²) in [5.41, 5.74) is 1.75. The van der Waals surface area contributed by atoms with Gasteiger partial charge in [-0.2, -0.15) is 0 Å². The van der Waals surface area contributed by atoms with E-state index in [4.69, 9.17) is 9.47 Å². The van der Waals surface area contributed by atoms with Gasteiger partial charge in [0.2, 0.25) is 0 Å². The summed E-state index contributed by atoms with van der Waals surface area (Å²) in [6, 6.07) is 18.3. The zero-order valence-corrected chi connectivity index (χ0v) is 24.2. The van der Waals surface area contributed by atoms with Crippen molar-refractivity contribution in [2.75, 3.05) is 39.4 Å². The van der Waals surface area contributed by atoms with Gasteiger partial charge in [-0.25, -0.2) is 4.98 Å². The van der Waals surface area contributed by atoms with E-state index in [0.717, 1.165) is 42.9 Å². The highest BCUT2D eigenvalue weighted by molar-refractivity contribution is 7.09. The molecule has 1 unspecified atom stereocenters. The van der Waals surface area contributed by atoms with Crippen LogP contribution < -0.4 is 4.74 Å². The van der Waals surface area contributed by atoms with Crippen molar-refractivity contribution in [2.45, 2.75) is 57.5 Å². The van der Waals surface area contributed by atoms with E-state index in [2.05, 4.69) is 30.1 Å². The number of benzene rings is 2. The number of hydrogen-bond donors (Lipinski definition) is 0. The minimum Gasteiger partial charge on any atom is -0.491 e. The summed E-state index contributed by atoms with van der Waals surface area (Å²) in [6.45, 7) is 4.71. The van der Waals surface area contributed by atoms with E-state index in [1.165, 1.54) is 22.5 Å². The molecule has 2 aliphatic heterocycles. The first-order valence-corrected chi connectivity index (χ1v) is 15.4. The zero-order valence-electron chi connectivity index (χ0n) is 23.3. The van der Waals surface area contributed by atoms with Crippen LogP contribution in [0.15, 0.2) is 60.0 Å². The van der Waals surface area contributed by atoms with Crippen LogP contribution in [0.5, 0.6) is 5.75 Å². The SMILES string of the molecule is CCCCN1CCOc2ccccc2CCCCC2(CN(C(=O)c3csc(Cc4ccccc4)n3)CCO2)C1=O. The van der Waals surface area contributed by atoms with Crippen LogP contribution in [0.3, 0.4) is 0 Å². The Morgan fingerprint density at radius 3 is 2.73 bits per heavy atom. The first-order chi connectivity index (χ1) is 19.6. The lowest BCUT2D eigenvalue weighted by molar-refractivity contribution is -0.170. The van der Waals surface area contributed by atoms with Crippen LogP contribution in [0, 0.1) is 0 Å². The van der Waals surface area contributed by atoms with E-state index in [0.29, 0.717) is 51.4 Å². The second-order valence-corrected chi connectivity index (χ2v) is 11.6. The van der Waals surface area contributed by atoms with Crippen molar-refractivity contribution < 1.29 is 19.1 Å². The van der Waals surface area contributed by atoms with E-state index >= 15 is 0 Å². The summed E-state index contributed by atoms with van der Waals surface area (Å²) in [6.07, 6.45) is 5.79. The molecule has 0 radical (unpaired) electrons. The number of fused-ring (bicyclic) bond motifs is 1. The van der Waals surface area contributed by atoms with Crippen molar-refractivity contribution in [1.29, 1.82) is 0 Å². The number of nitrogens with zero attached hydrogens (tertiary/aromatic N) is 3. The van der Waals surface area contributed by atoms with E-state index in [9.17, 15) is 9.59 Å². The molecule has 1 aromatic heterocycles. The molecule has 8 heteroatoms. The third-order valence-electron chi connectivity index (χ3n) is 7.77. The summed E-state index contributed by atoms with van der Waals surface area (Å²) in [5, 5.41) is 2.75. The number of carbonyl (C=O) groups excluding carboxylic acids is 2. The Labute approximate surface area is 241 Å². The summed E-state index contributed by atoms with van der Waals surface area (Å²) in [7, 11) is 0. The van der Waals surface area contributed by atoms with E-state index < -0.39 is 5.60 Å². The molecule has 2 amide bonds. The van der Waals surface area contributed by atoms with Gasteiger partial charge in [-0.3, -0.25) is 9.59 Å². The van der Waals surface area contributed by atoms with Crippen molar-refractivity contribution >= 4 is 23.2 Å². The minimum absolute atomic E-state index is 0.0287. The first-order valence-electron chi connectivity index (χ1n) is 14.5. The van der Waals surface area contributed by atoms with Gasteiger partial charge in [0.05, 0.1) is 24.7 Å². The minimum atomic E-state index is -1.05. The van der Waals surface area contributed by atoms with Gasteiger partial charge < -0.3 is 19.3 Å². The van der Waals surface area contributed by atoms with Crippen LogP contribution in [0.4, 0.5) is 0 Å². The maximum atomic E-state index is 14.2. The highest BCUT2D eigenvalue weighted by atomic mass is 32.1. The number of carbonyl (C=O) groups is 2. The molecule has 2 aliphatic rings. The largest absolute Gasteiger partial charge is 0.491 e. The lowest BCUT2D eigenvalue weighted by atomic mass is 9.90. The highest BCUT2D eigenvalue weighted by Crippen LogP contribution is 2.30. The van der Waals surface area contributed by atoms with Gasteiger partial charge in [0.1, 0.15) is 18.1 Å². The van der Waals surface area contributed by atoms with Crippen molar-refractivity contribution in [2.24, 2.45) is 0 Å². The highest BCUT2D eigenvalue weighted by Gasteiger charge is 2.47. The van der Waals surface area contributed by atoms with Crippen molar-refractivity contribution in [3.63, 3.8) is 0 Å². The molecule has 40 heavy (non-hydrogen) atoms. The smallest absolute Gasteiger partial charge is 0.273 e. The summed E-state index contributed by atoms with van der Waals surface area (Å²) >= 11 is 1.50. The average molecular weight is 562 g/mol. The number of ether oxygens (including phenoxy) is 2. The Bertz CT molecular complexity index is 1280. The Morgan fingerprint density at radius 2 is 1.88 bits per heavy atom. The molecule has 0 N–H and O–H groups in total. The molecular weight excluding hydrogens is 522 g/mol. The van der Waals surface area contributed by atoms with E-state index in [1.807, 2.05) is 46.7 Å². The van der Waals surface area contributed by atoms with Crippen LogP contribution in [0.1, 0.15) is 65.7 Å². The van der Waals surface area contributed by atoms with Crippen LogP contribution in [0.2, 0.25) is 0 Å². The number of hydrogen-bond acceptors (Lipinski definition) is 6. The van der Waals surface area contributed by atoms with E-state index in [-0.39, 0.29) is 18.4 Å². The molecule has 0 aliphatic carbocycles. The van der Waals surface area contributed by atoms with Crippen LogP contribution in [-0.2, 0) is 22.4 Å². The van der Waals surface area contributed by atoms with Crippen LogP contribution >= 0.6 is 11.3 Å². The molecule has 7 nitrogen and oxygen atoms in total. The van der Waals surface area contributed by atoms with Gasteiger partial charge in [0, 0.05) is 24.9 Å². The predicted octanol–water partition coefficient (Wildman–Crippen LogP) is 5.38. The number of morpholine rings is 1. The second kappa shape index (κ2) is 13.4. The number of aryl methyl sites for hydroxylation is 1. The number of thiazole rings is 1. The Balaban J connectivity index is 1.34. The average Bonchev–Trinajstić information content (AvgIpc) is 3.45. The third-order valence-corrected chi connectivity index (χ3v) is 8.62. The zero-order chi connectivity index (χ0) is 27.8. The molecule has 1 saturated heterocycles. The normalized spacial score (nSPS) is 20.4. The topological polar surface area (TPSA) is 72.0 Å². The lowest BCUT2D eigenvalue weighted by Gasteiger charge is -2.44. The quantitative estimate of drug-likeness (QED) is 0.404. The fourth-order valence-electron chi connectivity index (χ4n) is 5.56. The van der Waals surface area contributed by atoms with Gasteiger partial charge in [-0.1, -0.05) is 61.9 Å². The van der Waals surface area contributed by atoms with Gasteiger partial charge in [0.15, 0.2) is 5.60 Å². The summed E-state index contributed by atoms with van der Waals surface area (Å²) in [4.78, 5) is 36.2. The number of unbranched alkanes of at least 4 members (excludes halogenated alkanes) is 1. The number of aromatic nitrogens is 1. The Kier molecular flexibility index (Phi) is 9.49. The predicted molar refractivity (Wildman–Crippen MR) is 157 cm³/mol.